The normalized spacial score (nSPS) is 16.4. The highest BCUT2D eigenvalue weighted by Crippen LogP contribution is 2.12. The van der Waals surface area contributed by atoms with Crippen LogP contribution in [0.1, 0.15) is 17.0 Å². The number of rotatable bonds is 4. The molecule has 1 aliphatic heterocycles. The molecular weight excluding hydrogens is 292 g/mol. The molecule has 2 amide bonds. The number of amides is 2. The molecule has 0 spiro atoms. The number of nitrogens with one attached hydrogen (secondary N) is 1. The smallest absolute Gasteiger partial charge is 0.317 e. The maximum absolute atomic E-state index is 12.3. The summed E-state index contributed by atoms with van der Waals surface area (Å²) in [5.41, 5.74) is 2.95. The lowest BCUT2D eigenvalue weighted by Crippen LogP contribution is -2.52. The number of urea groups is 1. The van der Waals surface area contributed by atoms with Gasteiger partial charge in [-0.15, -0.1) is 0 Å². The molecule has 0 radical (unpaired) electrons. The Balaban J connectivity index is 1.81. The van der Waals surface area contributed by atoms with Crippen LogP contribution in [0.3, 0.4) is 0 Å². The van der Waals surface area contributed by atoms with Crippen molar-refractivity contribution in [1.82, 2.24) is 24.9 Å². The van der Waals surface area contributed by atoms with E-state index in [0.717, 1.165) is 17.0 Å². The Bertz CT molecular complexity index is 524. The van der Waals surface area contributed by atoms with Crippen LogP contribution in [0.2, 0.25) is 0 Å². The van der Waals surface area contributed by atoms with Crippen molar-refractivity contribution in [3.05, 3.63) is 17.0 Å². The minimum absolute atomic E-state index is 0.153. The van der Waals surface area contributed by atoms with E-state index in [2.05, 4.69) is 10.4 Å². The van der Waals surface area contributed by atoms with Crippen molar-refractivity contribution in [2.75, 3.05) is 32.7 Å². The second kappa shape index (κ2) is 7.04. The van der Waals surface area contributed by atoms with Gasteiger partial charge >= 0.3 is 6.03 Å². The quantitative estimate of drug-likeness (QED) is 0.906. The van der Waals surface area contributed by atoms with Crippen molar-refractivity contribution >= 4 is 6.03 Å². The third kappa shape index (κ3) is 3.94. The number of hydrogen-bond donors (Lipinski definition) is 1. The van der Waals surface area contributed by atoms with Gasteiger partial charge < -0.3 is 10.2 Å². The van der Waals surface area contributed by atoms with Crippen molar-refractivity contribution in [1.29, 1.82) is 0 Å². The van der Waals surface area contributed by atoms with E-state index in [4.69, 9.17) is 0 Å². The Morgan fingerprint density at radius 1 is 1.27 bits per heavy atom. The number of aromatic nitrogens is 2. The summed E-state index contributed by atoms with van der Waals surface area (Å²) >= 11 is 0. The monoisotopic (exact) mass is 315 g/mol. The van der Waals surface area contributed by atoms with Crippen LogP contribution in [0.5, 0.6) is 0 Å². The predicted octanol–water partition coefficient (Wildman–Crippen LogP) is 1.13. The van der Waals surface area contributed by atoms with Gasteiger partial charge in [0.1, 0.15) is 0 Å². The molecular formula is C14H23F2N5O. The molecule has 0 bridgehead atoms. The standard InChI is InChI=1S/C14H23F2N5O/c1-10-12(11(2)19(3)18-10)8-17-14(22)21-6-4-20(5-7-21)9-13(15)16/h13H,4-9H2,1-3H3,(H,17,22). The van der Waals surface area contributed by atoms with Crippen LogP contribution in [0.4, 0.5) is 13.6 Å². The number of carbonyl (C=O) groups excluding carboxylic acids is 1. The molecule has 124 valence electrons. The molecule has 1 aromatic heterocycles. The minimum Gasteiger partial charge on any atom is -0.334 e. The molecule has 6 nitrogen and oxygen atoms in total. The van der Waals surface area contributed by atoms with Gasteiger partial charge in [-0.2, -0.15) is 5.10 Å². The van der Waals surface area contributed by atoms with Crippen molar-refractivity contribution in [3.63, 3.8) is 0 Å². The Labute approximate surface area is 129 Å². The van der Waals surface area contributed by atoms with Gasteiger partial charge in [-0.05, 0) is 13.8 Å². The number of piperazine rings is 1. The molecule has 0 atom stereocenters. The summed E-state index contributed by atoms with van der Waals surface area (Å²) in [6, 6.07) is -0.153. The highest BCUT2D eigenvalue weighted by Gasteiger charge is 2.23. The summed E-state index contributed by atoms with van der Waals surface area (Å²) < 4.78 is 26.4. The van der Waals surface area contributed by atoms with E-state index in [1.54, 1.807) is 14.5 Å². The molecule has 2 heterocycles. The SMILES string of the molecule is Cc1nn(C)c(C)c1CNC(=O)N1CCN(CC(F)F)CC1. The van der Waals surface area contributed by atoms with Crippen LogP contribution in [0, 0.1) is 13.8 Å². The lowest BCUT2D eigenvalue weighted by Gasteiger charge is -2.34. The van der Waals surface area contributed by atoms with E-state index in [0.29, 0.717) is 32.7 Å². The van der Waals surface area contributed by atoms with Gasteiger partial charge in [0.2, 0.25) is 0 Å². The summed E-state index contributed by atoms with van der Waals surface area (Å²) in [4.78, 5) is 15.5. The van der Waals surface area contributed by atoms with Crippen molar-refractivity contribution in [2.24, 2.45) is 7.05 Å². The predicted molar refractivity (Wildman–Crippen MR) is 78.9 cm³/mol. The van der Waals surface area contributed by atoms with Crippen LogP contribution < -0.4 is 5.32 Å². The first-order valence-electron chi connectivity index (χ1n) is 7.41. The zero-order valence-electron chi connectivity index (χ0n) is 13.3. The van der Waals surface area contributed by atoms with E-state index in [-0.39, 0.29) is 12.6 Å². The van der Waals surface area contributed by atoms with E-state index < -0.39 is 6.43 Å². The largest absolute Gasteiger partial charge is 0.334 e. The molecule has 1 fully saturated rings. The molecule has 1 aliphatic rings. The molecule has 0 saturated carbocycles. The van der Waals surface area contributed by atoms with Crippen molar-refractivity contribution in [2.45, 2.75) is 26.8 Å². The first-order valence-corrected chi connectivity index (χ1v) is 7.41. The number of alkyl halides is 2. The third-order valence-electron chi connectivity index (χ3n) is 4.13. The summed E-state index contributed by atoms with van der Waals surface area (Å²) in [5.74, 6) is 0. The third-order valence-corrected chi connectivity index (χ3v) is 4.13. The zero-order chi connectivity index (χ0) is 16.3. The van der Waals surface area contributed by atoms with E-state index >= 15 is 0 Å². The number of aryl methyl sites for hydroxylation is 2. The van der Waals surface area contributed by atoms with Crippen LogP contribution >= 0.6 is 0 Å². The average molecular weight is 315 g/mol. The lowest BCUT2D eigenvalue weighted by atomic mass is 10.2. The van der Waals surface area contributed by atoms with E-state index in [1.165, 1.54) is 0 Å². The fraction of sp³-hybridized carbons (Fsp3) is 0.714. The molecule has 1 saturated heterocycles. The molecule has 22 heavy (non-hydrogen) atoms. The number of hydrogen-bond acceptors (Lipinski definition) is 3. The lowest BCUT2D eigenvalue weighted by molar-refractivity contribution is 0.0636. The van der Waals surface area contributed by atoms with Gasteiger partial charge in [0.05, 0.1) is 12.2 Å². The molecule has 1 aromatic rings. The van der Waals surface area contributed by atoms with Gasteiger partial charge in [0, 0.05) is 51.0 Å². The number of carbonyl (C=O) groups is 1. The Kier molecular flexibility index (Phi) is 5.33. The Morgan fingerprint density at radius 2 is 1.91 bits per heavy atom. The van der Waals surface area contributed by atoms with Crippen LogP contribution in [0.25, 0.3) is 0 Å². The van der Waals surface area contributed by atoms with Gasteiger partial charge in [0.25, 0.3) is 6.43 Å². The topological polar surface area (TPSA) is 53.4 Å². The summed E-state index contributed by atoms with van der Waals surface area (Å²) in [6.07, 6.45) is -2.32. The van der Waals surface area contributed by atoms with Gasteiger partial charge in [-0.25, -0.2) is 13.6 Å². The molecule has 1 N–H and O–H groups in total. The fourth-order valence-corrected chi connectivity index (χ4v) is 2.68. The number of halogens is 2. The Hall–Kier alpha value is -1.70. The van der Waals surface area contributed by atoms with Gasteiger partial charge in [-0.3, -0.25) is 9.58 Å². The average Bonchev–Trinajstić information content (AvgIpc) is 2.70. The number of nitrogens with zero attached hydrogens (tertiary/aromatic N) is 4. The second-order valence-electron chi connectivity index (χ2n) is 5.61. The molecule has 0 unspecified atom stereocenters. The minimum atomic E-state index is -2.32. The molecule has 0 aromatic carbocycles. The van der Waals surface area contributed by atoms with Gasteiger partial charge in [0.15, 0.2) is 0 Å². The van der Waals surface area contributed by atoms with Crippen molar-refractivity contribution < 1.29 is 13.6 Å². The highest BCUT2D eigenvalue weighted by molar-refractivity contribution is 5.74. The Morgan fingerprint density at radius 3 is 2.41 bits per heavy atom. The van der Waals surface area contributed by atoms with Crippen LogP contribution in [0.15, 0.2) is 0 Å². The highest BCUT2D eigenvalue weighted by atomic mass is 19.3. The molecule has 2 rings (SSSR count). The fourth-order valence-electron chi connectivity index (χ4n) is 2.68. The summed E-state index contributed by atoms with van der Waals surface area (Å²) in [6.45, 7) is 6.02. The maximum atomic E-state index is 12.3. The first-order chi connectivity index (χ1) is 10.4. The van der Waals surface area contributed by atoms with E-state index in [1.807, 2.05) is 20.9 Å². The first kappa shape index (κ1) is 16.7. The van der Waals surface area contributed by atoms with Gasteiger partial charge in [-0.1, -0.05) is 0 Å². The summed E-state index contributed by atoms with van der Waals surface area (Å²) in [5, 5.41) is 7.20. The van der Waals surface area contributed by atoms with E-state index in [9.17, 15) is 13.6 Å². The summed E-state index contributed by atoms with van der Waals surface area (Å²) in [7, 11) is 1.87. The van der Waals surface area contributed by atoms with Crippen LogP contribution in [-0.4, -0.2) is 64.8 Å². The zero-order valence-corrected chi connectivity index (χ0v) is 13.3. The maximum Gasteiger partial charge on any atom is 0.317 e. The molecule has 0 aliphatic carbocycles. The van der Waals surface area contributed by atoms with Crippen molar-refractivity contribution in [3.8, 4) is 0 Å². The second-order valence-corrected chi connectivity index (χ2v) is 5.61. The molecule has 8 heteroatoms. The van der Waals surface area contributed by atoms with Crippen LogP contribution in [-0.2, 0) is 13.6 Å².